The van der Waals surface area contributed by atoms with Gasteiger partial charge in [-0.25, -0.2) is 0 Å². The summed E-state index contributed by atoms with van der Waals surface area (Å²) in [6, 6.07) is 0. The van der Waals surface area contributed by atoms with Gasteiger partial charge in [-0.2, -0.15) is 0 Å². The summed E-state index contributed by atoms with van der Waals surface area (Å²) in [4.78, 5) is 0. The van der Waals surface area contributed by atoms with Crippen LogP contribution < -0.4 is 5.32 Å². The van der Waals surface area contributed by atoms with E-state index in [-0.39, 0.29) is 5.60 Å². The molecule has 82 valence electrons. The third kappa shape index (κ3) is 7.03. The van der Waals surface area contributed by atoms with E-state index < -0.39 is 0 Å². The molecule has 0 radical (unpaired) electrons. The lowest BCUT2D eigenvalue weighted by Gasteiger charge is -2.20. The Labute approximate surface area is 83.7 Å². The van der Waals surface area contributed by atoms with Crippen LogP contribution in [0.25, 0.3) is 0 Å². The van der Waals surface area contributed by atoms with Crippen LogP contribution in [0.4, 0.5) is 0 Å². The average molecular weight is 189 g/mol. The van der Waals surface area contributed by atoms with Crippen molar-refractivity contribution in [1.29, 1.82) is 0 Å². The van der Waals surface area contributed by atoms with Gasteiger partial charge in [0.25, 0.3) is 0 Å². The smallest absolute Gasteiger partial charge is 0.0771 e. The van der Waals surface area contributed by atoms with Crippen LogP contribution in [-0.2, 0) is 0 Å². The Balaban J connectivity index is 0. The first-order valence-electron chi connectivity index (χ1n) is 5.64. The summed E-state index contributed by atoms with van der Waals surface area (Å²) in [7, 11) is 1.89. The molecule has 2 nitrogen and oxygen atoms in total. The van der Waals surface area contributed by atoms with Gasteiger partial charge >= 0.3 is 0 Å². The zero-order chi connectivity index (χ0) is 10.7. The Bertz CT molecular complexity index is 88.1. The quantitative estimate of drug-likeness (QED) is 0.700. The summed E-state index contributed by atoms with van der Waals surface area (Å²) in [6.07, 6.45) is 4.35. The molecule has 1 fully saturated rings. The second-order valence-electron chi connectivity index (χ2n) is 2.96. The van der Waals surface area contributed by atoms with Crippen LogP contribution in [0.1, 0.15) is 53.4 Å². The summed E-state index contributed by atoms with van der Waals surface area (Å²) in [6.45, 7) is 8.76. The standard InChI is InChI=1S/C7H15NO.2C2H6/c1-8-6-7(9)4-2-3-5-7;2*1-2/h8-9H,2-6H2,1H3;2*1-2H3. The van der Waals surface area contributed by atoms with Crippen LogP contribution in [0.5, 0.6) is 0 Å². The van der Waals surface area contributed by atoms with Crippen LogP contribution >= 0.6 is 0 Å². The molecule has 1 aliphatic rings. The van der Waals surface area contributed by atoms with Crippen molar-refractivity contribution in [3.8, 4) is 0 Å². The van der Waals surface area contributed by atoms with Crippen LogP contribution in [0, 0.1) is 0 Å². The SMILES string of the molecule is CC.CC.CNCC1(O)CCCC1. The van der Waals surface area contributed by atoms with Gasteiger partial charge in [0.05, 0.1) is 5.60 Å². The molecule has 1 saturated carbocycles. The largest absolute Gasteiger partial charge is 0.389 e. The van der Waals surface area contributed by atoms with Gasteiger partial charge < -0.3 is 10.4 Å². The van der Waals surface area contributed by atoms with Gasteiger partial charge in [0.1, 0.15) is 0 Å². The van der Waals surface area contributed by atoms with E-state index in [9.17, 15) is 5.11 Å². The summed E-state index contributed by atoms with van der Waals surface area (Å²) >= 11 is 0. The first-order valence-corrected chi connectivity index (χ1v) is 5.64. The molecule has 0 aromatic carbocycles. The van der Waals surface area contributed by atoms with E-state index in [4.69, 9.17) is 0 Å². The molecule has 0 aliphatic heterocycles. The number of rotatable bonds is 2. The summed E-state index contributed by atoms with van der Waals surface area (Å²) in [5.41, 5.74) is -0.366. The molecule has 13 heavy (non-hydrogen) atoms. The minimum atomic E-state index is -0.366. The summed E-state index contributed by atoms with van der Waals surface area (Å²) in [5, 5.41) is 12.6. The Hall–Kier alpha value is -0.0800. The Morgan fingerprint density at radius 2 is 1.46 bits per heavy atom. The first-order chi connectivity index (χ1) is 6.27. The van der Waals surface area contributed by atoms with Crippen molar-refractivity contribution < 1.29 is 5.11 Å². The molecule has 0 unspecified atom stereocenters. The van der Waals surface area contributed by atoms with Gasteiger partial charge in [-0.05, 0) is 19.9 Å². The predicted molar refractivity (Wildman–Crippen MR) is 60.0 cm³/mol. The van der Waals surface area contributed by atoms with E-state index in [2.05, 4.69) is 5.32 Å². The van der Waals surface area contributed by atoms with E-state index in [1.165, 1.54) is 12.8 Å². The highest BCUT2D eigenvalue weighted by molar-refractivity contribution is 4.85. The monoisotopic (exact) mass is 189 g/mol. The molecule has 2 N–H and O–H groups in total. The maximum absolute atomic E-state index is 9.63. The number of hydrogen-bond acceptors (Lipinski definition) is 2. The predicted octanol–water partition coefficient (Wildman–Crippen LogP) is 2.56. The van der Waals surface area contributed by atoms with E-state index in [0.717, 1.165) is 19.4 Å². The fourth-order valence-electron chi connectivity index (χ4n) is 1.54. The highest BCUT2D eigenvalue weighted by Gasteiger charge is 2.29. The molecule has 0 heterocycles. The lowest BCUT2D eigenvalue weighted by molar-refractivity contribution is 0.0498. The minimum absolute atomic E-state index is 0.366. The molecule has 0 spiro atoms. The first kappa shape index (κ1) is 15.4. The van der Waals surface area contributed by atoms with Gasteiger partial charge in [0.2, 0.25) is 0 Å². The third-order valence-electron chi connectivity index (χ3n) is 2.04. The van der Waals surface area contributed by atoms with Gasteiger partial charge in [-0.15, -0.1) is 0 Å². The highest BCUT2D eigenvalue weighted by atomic mass is 16.3. The van der Waals surface area contributed by atoms with Crippen molar-refractivity contribution in [2.45, 2.75) is 59.0 Å². The third-order valence-corrected chi connectivity index (χ3v) is 2.04. The second kappa shape index (κ2) is 10.0. The van der Waals surface area contributed by atoms with E-state index >= 15 is 0 Å². The maximum Gasteiger partial charge on any atom is 0.0771 e. The van der Waals surface area contributed by atoms with Crippen molar-refractivity contribution in [2.75, 3.05) is 13.6 Å². The second-order valence-corrected chi connectivity index (χ2v) is 2.96. The highest BCUT2D eigenvalue weighted by Crippen LogP contribution is 2.28. The zero-order valence-corrected chi connectivity index (χ0v) is 9.98. The molecule has 1 rings (SSSR count). The van der Waals surface area contributed by atoms with Crippen molar-refractivity contribution in [2.24, 2.45) is 0 Å². The topological polar surface area (TPSA) is 32.3 Å². The van der Waals surface area contributed by atoms with Gasteiger partial charge in [-0.1, -0.05) is 40.5 Å². The summed E-state index contributed by atoms with van der Waals surface area (Å²) < 4.78 is 0. The number of aliphatic hydroxyl groups is 1. The Morgan fingerprint density at radius 3 is 1.77 bits per heavy atom. The molecule has 0 bridgehead atoms. The number of likely N-dealkylation sites (N-methyl/N-ethyl adjacent to an activating group) is 1. The molecule has 0 aromatic rings. The minimum Gasteiger partial charge on any atom is -0.389 e. The van der Waals surface area contributed by atoms with Crippen LogP contribution in [0.2, 0.25) is 0 Å². The number of hydrogen-bond donors (Lipinski definition) is 2. The number of nitrogens with one attached hydrogen (secondary N) is 1. The molecule has 0 saturated heterocycles. The molecule has 0 atom stereocenters. The molecular weight excluding hydrogens is 162 g/mol. The van der Waals surface area contributed by atoms with Crippen molar-refractivity contribution in [1.82, 2.24) is 5.32 Å². The molecular formula is C11H27NO. The van der Waals surface area contributed by atoms with Crippen LogP contribution in [0.15, 0.2) is 0 Å². The normalized spacial score (nSPS) is 18.0. The fourth-order valence-corrected chi connectivity index (χ4v) is 1.54. The lowest BCUT2D eigenvalue weighted by atomic mass is 10.0. The van der Waals surface area contributed by atoms with Crippen molar-refractivity contribution in [3.05, 3.63) is 0 Å². The van der Waals surface area contributed by atoms with Crippen LogP contribution in [0.3, 0.4) is 0 Å². The van der Waals surface area contributed by atoms with Gasteiger partial charge in [0, 0.05) is 6.54 Å². The molecule has 0 amide bonds. The van der Waals surface area contributed by atoms with Gasteiger partial charge in [-0.3, -0.25) is 0 Å². The van der Waals surface area contributed by atoms with Crippen molar-refractivity contribution >= 4 is 0 Å². The summed E-state index contributed by atoms with van der Waals surface area (Å²) in [5.74, 6) is 0. The molecule has 1 aliphatic carbocycles. The van der Waals surface area contributed by atoms with Crippen molar-refractivity contribution in [3.63, 3.8) is 0 Å². The average Bonchev–Trinajstić information content (AvgIpc) is 2.60. The lowest BCUT2D eigenvalue weighted by Crippen LogP contribution is -2.36. The molecule has 0 aromatic heterocycles. The van der Waals surface area contributed by atoms with Crippen LogP contribution in [-0.4, -0.2) is 24.3 Å². The fraction of sp³-hybridized carbons (Fsp3) is 1.00. The Kier molecular flexibility index (Phi) is 11.8. The van der Waals surface area contributed by atoms with E-state index in [1.807, 2.05) is 34.7 Å². The zero-order valence-electron chi connectivity index (χ0n) is 9.98. The van der Waals surface area contributed by atoms with E-state index in [1.54, 1.807) is 0 Å². The Morgan fingerprint density at radius 1 is 1.08 bits per heavy atom. The van der Waals surface area contributed by atoms with E-state index in [0.29, 0.717) is 0 Å². The molecule has 2 heteroatoms. The maximum atomic E-state index is 9.63. The van der Waals surface area contributed by atoms with Gasteiger partial charge in [0.15, 0.2) is 0 Å².